The number of aromatic nitrogens is 3. The Hall–Kier alpha value is -1.55. The zero-order valence-electron chi connectivity index (χ0n) is 12.3. The van der Waals surface area contributed by atoms with E-state index in [2.05, 4.69) is 51.7 Å². The van der Waals surface area contributed by atoms with E-state index < -0.39 is 0 Å². The fourth-order valence-electron chi connectivity index (χ4n) is 2.53. The molecule has 19 heavy (non-hydrogen) atoms. The number of hydrogen-bond acceptors (Lipinski definition) is 2. The van der Waals surface area contributed by atoms with Crippen molar-refractivity contribution in [3.05, 3.63) is 42.2 Å². The lowest BCUT2D eigenvalue weighted by atomic mass is 9.99. The number of aryl methyl sites for hydroxylation is 3. The third-order valence-corrected chi connectivity index (χ3v) is 3.62. The molecule has 2 aromatic heterocycles. The van der Waals surface area contributed by atoms with Crippen molar-refractivity contribution in [2.75, 3.05) is 7.05 Å². The molecule has 2 rings (SSSR count). The summed E-state index contributed by atoms with van der Waals surface area (Å²) in [4.78, 5) is 4.35. The van der Waals surface area contributed by atoms with Crippen molar-refractivity contribution in [1.82, 2.24) is 19.4 Å². The quantitative estimate of drug-likeness (QED) is 0.865. The van der Waals surface area contributed by atoms with Gasteiger partial charge in [0.25, 0.3) is 0 Å². The average Bonchev–Trinajstić information content (AvgIpc) is 2.97. The highest BCUT2D eigenvalue weighted by Gasteiger charge is 2.14. The molecule has 2 heterocycles. The summed E-state index contributed by atoms with van der Waals surface area (Å²) >= 11 is 0. The van der Waals surface area contributed by atoms with Crippen LogP contribution in [0, 0.1) is 5.92 Å². The third-order valence-electron chi connectivity index (χ3n) is 3.62. The molecular formula is C15H24N4. The first-order chi connectivity index (χ1) is 9.11. The third kappa shape index (κ3) is 3.26. The molecule has 104 valence electrons. The monoisotopic (exact) mass is 260 g/mol. The summed E-state index contributed by atoms with van der Waals surface area (Å²) in [6, 6.07) is 2.63. The standard InChI is InChI=1S/C15H24N4/c1-12(2)15(16-3)13-5-8-19(11-13)9-6-14-17-7-10-18(14)4/h5,7-8,10-12,15-16H,6,9H2,1-4H3. The van der Waals surface area contributed by atoms with Gasteiger partial charge < -0.3 is 14.5 Å². The maximum absolute atomic E-state index is 4.35. The fraction of sp³-hybridized carbons (Fsp3) is 0.533. The van der Waals surface area contributed by atoms with Crippen LogP contribution in [0.4, 0.5) is 0 Å². The predicted molar refractivity (Wildman–Crippen MR) is 78.0 cm³/mol. The van der Waals surface area contributed by atoms with E-state index in [-0.39, 0.29) is 0 Å². The summed E-state index contributed by atoms with van der Waals surface area (Å²) < 4.78 is 4.33. The minimum atomic E-state index is 0.425. The van der Waals surface area contributed by atoms with Crippen LogP contribution in [0.25, 0.3) is 0 Å². The second kappa shape index (κ2) is 6.06. The summed E-state index contributed by atoms with van der Waals surface area (Å²) in [6.45, 7) is 5.46. The largest absolute Gasteiger partial charge is 0.353 e. The van der Waals surface area contributed by atoms with E-state index in [9.17, 15) is 0 Å². The van der Waals surface area contributed by atoms with Crippen LogP contribution < -0.4 is 5.32 Å². The number of hydrogen-bond donors (Lipinski definition) is 1. The highest BCUT2D eigenvalue weighted by Crippen LogP contribution is 2.21. The highest BCUT2D eigenvalue weighted by molar-refractivity contribution is 5.16. The van der Waals surface area contributed by atoms with Crippen molar-refractivity contribution in [2.45, 2.75) is 32.9 Å². The Morgan fingerprint density at radius 1 is 1.32 bits per heavy atom. The van der Waals surface area contributed by atoms with Gasteiger partial charge in [-0.3, -0.25) is 0 Å². The van der Waals surface area contributed by atoms with Gasteiger partial charge in [0.2, 0.25) is 0 Å². The summed E-state index contributed by atoms with van der Waals surface area (Å²) in [5.74, 6) is 1.72. The maximum Gasteiger partial charge on any atom is 0.110 e. The van der Waals surface area contributed by atoms with Crippen LogP contribution in [0.2, 0.25) is 0 Å². The van der Waals surface area contributed by atoms with Crippen molar-refractivity contribution in [2.24, 2.45) is 13.0 Å². The van der Waals surface area contributed by atoms with Gasteiger partial charge in [0, 0.05) is 50.8 Å². The maximum atomic E-state index is 4.35. The summed E-state index contributed by atoms with van der Waals surface area (Å²) in [5, 5.41) is 3.38. The molecule has 0 bridgehead atoms. The Kier molecular flexibility index (Phi) is 4.43. The Morgan fingerprint density at radius 3 is 2.68 bits per heavy atom. The number of nitrogens with one attached hydrogen (secondary N) is 1. The minimum absolute atomic E-state index is 0.425. The SMILES string of the molecule is CNC(c1ccn(CCc2nccn2C)c1)C(C)C. The van der Waals surface area contributed by atoms with Gasteiger partial charge in [-0.05, 0) is 24.6 Å². The molecule has 1 atom stereocenters. The zero-order valence-corrected chi connectivity index (χ0v) is 12.3. The molecule has 4 nitrogen and oxygen atoms in total. The lowest BCUT2D eigenvalue weighted by Crippen LogP contribution is -2.21. The Bertz CT molecular complexity index is 510. The van der Waals surface area contributed by atoms with E-state index in [0.717, 1.165) is 18.8 Å². The first-order valence-electron chi connectivity index (χ1n) is 6.91. The van der Waals surface area contributed by atoms with E-state index in [1.807, 2.05) is 26.5 Å². The van der Waals surface area contributed by atoms with Crippen LogP contribution in [0.3, 0.4) is 0 Å². The minimum Gasteiger partial charge on any atom is -0.353 e. The fourth-order valence-corrected chi connectivity index (χ4v) is 2.53. The van der Waals surface area contributed by atoms with Gasteiger partial charge in [-0.15, -0.1) is 0 Å². The van der Waals surface area contributed by atoms with Gasteiger partial charge in [-0.25, -0.2) is 4.98 Å². The number of imidazole rings is 1. The number of rotatable bonds is 6. The highest BCUT2D eigenvalue weighted by atomic mass is 15.0. The Labute approximate surface area is 115 Å². The van der Waals surface area contributed by atoms with Crippen LogP contribution in [0.15, 0.2) is 30.9 Å². The van der Waals surface area contributed by atoms with E-state index in [1.54, 1.807) is 0 Å². The molecule has 0 radical (unpaired) electrons. The molecule has 0 aromatic carbocycles. The number of nitrogens with zero attached hydrogens (tertiary/aromatic N) is 3. The van der Waals surface area contributed by atoms with Gasteiger partial charge in [-0.1, -0.05) is 13.8 Å². The summed E-state index contributed by atoms with van der Waals surface area (Å²) in [7, 11) is 4.06. The van der Waals surface area contributed by atoms with Gasteiger partial charge in [0.1, 0.15) is 5.82 Å². The van der Waals surface area contributed by atoms with Crippen molar-refractivity contribution in [3.8, 4) is 0 Å². The molecule has 0 aliphatic carbocycles. The molecule has 0 saturated heterocycles. The molecule has 0 aliphatic heterocycles. The Balaban J connectivity index is 1.99. The summed E-state index contributed by atoms with van der Waals surface area (Å²) in [6.07, 6.45) is 9.21. The topological polar surface area (TPSA) is 34.8 Å². The van der Waals surface area contributed by atoms with Gasteiger partial charge >= 0.3 is 0 Å². The van der Waals surface area contributed by atoms with Crippen LogP contribution >= 0.6 is 0 Å². The molecule has 0 saturated carbocycles. The lowest BCUT2D eigenvalue weighted by molar-refractivity contribution is 0.442. The first-order valence-corrected chi connectivity index (χ1v) is 6.91. The molecule has 0 spiro atoms. The van der Waals surface area contributed by atoms with Crippen LogP contribution in [-0.4, -0.2) is 21.2 Å². The predicted octanol–water partition coefficient (Wildman–Crippen LogP) is 2.38. The molecular weight excluding hydrogens is 236 g/mol. The molecule has 2 aromatic rings. The Morgan fingerprint density at radius 2 is 2.11 bits per heavy atom. The van der Waals surface area contributed by atoms with Crippen molar-refractivity contribution < 1.29 is 0 Å². The van der Waals surface area contributed by atoms with Crippen molar-refractivity contribution in [3.63, 3.8) is 0 Å². The van der Waals surface area contributed by atoms with Crippen molar-refractivity contribution >= 4 is 0 Å². The molecule has 0 fully saturated rings. The lowest BCUT2D eigenvalue weighted by Gasteiger charge is -2.18. The first kappa shape index (κ1) is 13.9. The van der Waals surface area contributed by atoms with E-state index in [1.165, 1.54) is 5.56 Å². The van der Waals surface area contributed by atoms with Gasteiger partial charge in [-0.2, -0.15) is 0 Å². The molecule has 0 aliphatic rings. The average molecular weight is 260 g/mol. The van der Waals surface area contributed by atoms with Crippen LogP contribution in [0.1, 0.15) is 31.3 Å². The van der Waals surface area contributed by atoms with E-state index >= 15 is 0 Å². The van der Waals surface area contributed by atoms with E-state index in [0.29, 0.717) is 12.0 Å². The normalized spacial score (nSPS) is 13.1. The molecule has 1 unspecified atom stereocenters. The second-order valence-electron chi connectivity index (χ2n) is 5.40. The van der Waals surface area contributed by atoms with E-state index in [4.69, 9.17) is 0 Å². The van der Waals surface area contributed by atoms with Crippen molar-refractivity contribution in [1.29, 1.82) is 0 Å². The molecule has 1 N–H and O–H groups in total. The van der Waals surface area contributed by atoms with Gasteiger partial charge in [0.05, 0.1) is 0 Å². The summed E-state index contributed by atoms with van der Waals surface area (Å²) in [5.41, 5.74) is 1.36. The second-order valence-corrected chi connectivity index (χ2v) is 5.40. The smallest absolute Gasteiger partial charge is 0.110 e. The zero-order chi connectivity index (χ0) is 13.8. The molecule has 0 amide bonds. The van der Waals surface area contributed by atoms with Crippen LogP contribution in [0.5, 0.6) is 0 Å². The molecule has 4 heteroatoms. The van der Waals surface area contributed by atoms with Gasteiger partial charge in [0.15, 0.2) is 0 Å². The van der Waals surface area contributed by atoms with Crippen LogP contribution in [-0.2, 0) is 20.0 Å².